The molecule has 3 rings (SSSR count). The van der Waals surface area contributed by atoms with Gasteiger partial charge in [0.05, 0.1) is 0 Å². The lowest BCUT2D eigenvalue weighted by Gasteiger charge is -2.29. The molecule has 1 heterocycles. The van der Waals surface area contributed by atoms with Crippen molar-refractivity contribution in [1.29, 1.82) is 0 Å². The van der Waals surface area contributed by atoms with E-state index in [1.807, 2.05) is 0 Å². The number of aryl methyl sites for hydroxylation is 1. The third kappa shape index (κ3) is 2.42. The van der Waals surface area contributed by atoms with Crippen molar-refractivity contribution >= 4 is 10.9 Å². The van der Waals surface area contributed by atoms with Gasteiger partial charge in [-0.05, 0) is 49.9 Å². The van der Waals surface area contributed by atoms with Gasteiger partial charge in [-0.15, -0.1) is 0 Å². The van der Waals surface area contributed by atoms with E-state index in [1.165, 1.54) is 54.1 Å². The Morgan fingerprint density at radius 2 is 2.05 bits per heavy atom. The largest absolute Gasteiger partial charge is 0.361 e. The Morgan fingerprint density at radius 3 is 2.79 bits per heavy atom. The van der Waals surface area contributed by atoms with Crippen LogP contribution in [0.4, 0.5) is 0 Å². The minimum atomic E-state index is 0.524. The highest BCUT2D eigenvalue weighted by molar-refractivity contribution is 5.84. The number of nitrogens with two attached hydrogens (primary N) is 1. The molecular weight excluding hydrogens is 232 g/mol. The summed E-state index contributed by atoms with van der Waals surface area (Å²) in [6.07, 6.45) is 9.04. The highest BCUT2D eigenvalue weighted by Gasteiger charge is 2.25. The van der Waals surface area contributed by atoms with Crippen molar-refractivity contribution < 1.29 is 0 Å². The Kier molecular flexibility index (Phi) is 3.61. The summed E-state index contributed by atoms with van der Waals surface area (Å²) >= 11 is 0. The van der Waals surface area contributed by atoms with Crippen LogP contribution in [0.2, 0.25) is 0 Å². The summed E-state index contributed by atoms with van der Waals surface area (Å²) < 4.78 is 0. The molecule has 0 radical (unpaired) electrons. The summed E-state index contributed by atoms with van der Waals surface area (Å²) in [5, 5.41) is 1.38. The van der Waals surface area contributed by atoms with Gasteiger partial charge in [0.2, 0.25) is 0 Å². The quantitative estimate of drug-likeness (QED) is 0.853. The maximum absolute atomic E-state index is 6.11. The molecule has 1 aromatic carbocycles. The van der Waals surface area contributed by atoms with E-state index in [0.717, 1.165) is 12.5 Å². The van der Waals surface area contributed by atoms with Gasteiger partial charge in [-0.3, -0.25) is 0 Å². The van der Waals surface area contributed by atoms with Gasteiger partial charge in [0, 0.05) is 23.0 Å². The number of fused-ring (bicyclic) bond motifs is 1. The number of nitrogens with one attached hydrogen (secondary N) is 1. The number of rotatable bonds is 3. The molecule has 0 bridgehead atoms. The molecule has 0 spiro atoms. The molecule has 1 aliphatic carbocycles. The minimum Gasteiger partial charge on any atom is -0.361 e. The molecule has 0 aliphatic heterocycles. The van der Waals surface area contributed by atoms with Crippen molar-refractivity contribution in [2.75, 3.05) is 6.54 Å². The highest BCUT2D eigenvalue weighted by atomic mass is 14.7. The zero-order valence-corrected chi connectivity index (χ0v) is 11.8. The monoisotopic (exact) mass is 256 g/mol. The lowest BCUT2D eigenvalue weighted by Crippen LogP contribution is -2.23. The number of benzene rings is 1. The summed E-state index contributed by atoms with van der Waals surface area (Å²) in [5.41, 5.74) is 10.1. The average Bonchev–Trinajstić information content (AvgIpc) is 2.84. The number of hydrogen-bond donors (Lipinski definition) is 2. The summed E-state index contributed by atoms with van der Waals surface area (Å²) in [6.45, 7) is 2.93. The fourth-order valence-electron chi connectivity index (χ4n) is 3.67. The molecule has 0 saturated heterocycles. The number of hydrogen-bond acceptors (Lipinski definition) is 1. The van der Waals surface area contributed by atoms with Crippen molar-refractivity contribution in [3.8, 4) is 0 Å². The maximum Gasteiger partial charge on any atom is 0.0457 e. The molecule has 1 saturated carbocycles. The van der Waals surface area contributed by atoms with E-state index in [1.54, 1.807) is 0 Å². The standard InChI is InChI=1S/C17H24N2/c1-12-7-8-17-14(9-12)16(11-19-17)15(10-18)13-5-3-2-4-6-13/h7-9,11,13,15,19H,2-6,10,18H2,1H3. The maximum atomic E-state index is 6.11. The summed E-state index contributed by atoms with van der Waals surface area (Å²) in [4.78, 5) is 3.41. The molecule has 2 aromatic rings. The highest BCUT2D eigenvalue weighted by Crippen LogP contribution is 2.38. The third-order valence-electron chi connectivity index (χ3n) is 4.74. The van der Waals surface area contributed by atoms with Gasteiger partial charge in [-0.2, -0.15) is 0 Å². The molecule has 0 amide bonds. The van der Waals surface area contributed by atoms with E-state index in [4.69, 9.17) is 5.73 Å². The first kappa shape index (κ1) is 12.7. The zero-order valence-electron chi connectivity index (χ0n) is 11.8. The summed E-state index contributed by atoms with van der Waals surface area (Å²) in [7, 11) is 0. The first-order chi connectivity index (χ1) is 9.29. The van der Waals surface area contributed by atoms with Crippen molar-refractivity contribution in [1.82, 2.24) is 4.98 Å². The van der Waals surface area contributed by atoms with Crippen LogP contribution in [-0.4, -0.2) is 11.5 Å². The average molecular weight is 256 g/mol. The second-order valence-corrected chi connectivity index (χ2v) is 6.03. The van der Waals surface area contributed by atoms with Crippen LogP contribution >= 0.6 is 0 Å². The Labute approximate surface area is 115 Å². The van der Waals surface area contributed by atoms with E-state index < -0.39 is 0 Å². The van der Waals surface area contributed by atoms with Gasteiger partial charge < -0.3 is 10.7 Å². The predicted molar refractivity (Wildman–Crippen MR) is 81.4 cm³/mol. The van der Waals surface area contributed by atoms with Gasteiger partial charge in [0.25, 0.3) is 0 Å². The summed E-state index contributed by atoms with van der Waals surface area (Å²) in [6, 6.07) is 6.65. The van der Waals surface area contributed by atoms with Gasteiger partial charge >= 0.3 is 0 Å². The Bertz CT molecular complexity index is 549. The smallest absolute Gasteiger partial charge is 0.0457 e. The molecule has 1 atom stereocenters. The molecule has 2 nitrogen and oxygen atoms in total. The lowest BCUT2D eigenvalue weighted by atomic mass is 9.77. The van der Waals surface area contributed by atoms with Crippen LogP contribution in [0.15, 0.2) is 24.4 Å². The van der Waals surface area contributed by atoms with Gasteiger partial charge in [-0.25, -0.2) is 0 Å². The molecule has 1 unspecified atom stereocenters. The molecule has 3 N–H and O–H groups in total. The Balaban J connectivity index is 1.98. The van der Waals surface area contributed by atoms with Crippen LogP contribution in [0.3, 0.4) is 0 Å². The zero-order chi connectivity index (χ0) is 13.2. The van der Waals surface area contributed by atoms with E-state index in [-0.39, 0.29) is 0 Å². The molecule has 1 aliphatic rings. The number of aromatic amines is 1. The molecule has 102 valence electrons. The Morgan fingerprint density at radius 1 is 1.26 bits per heavy atom. The van der Waals surface area contributed by atoms with E-state index >= 15 is 0 Å². The van der Waals surface area contributed by atoms with Gasteiger partial charge in [0.1, 0.15) is 0 Å². The van der Waals surface area contributed by atoms with Crippen molar-refractivity contribution in [2.24, 2.45) is 11.7 Å². The SMILES string of the molecule is Cc1ccc2[nH]cc(C(CN)C3CCCCC3)c2c1. The lowest BCUT2D eigenvalue weighted by molar-refractivity contribution is 0.308. The Hall–Kier alpha value is -1.28. The van der Waals surface area contributed by atoms with Crippen LogP contribution in [0.5, 0.6) is 0 Å². The van der Waals surface area contributed by atoms with Gasteiger partial charge in [0.15, 0.2) is 0 Å². The number of H-pyrrole nitrogens is 1. The van der Waals surface area contributed by atoms with E-state index in [2.05, 4.69) is 36.3 Å². The minimum absolute atomic E-state index is 0.524. The topological polar surface area (TPSA) is 41.8 Å². The first-order valence-electron chi connectivity index (χ1n) is 7.57. The molecule has 1 aromatic heterocycles. The third-order valence-corrected chi connectivity index (χ3v) is 4.74. The van der Waals surface area contributed by atoms with Crippen molar-refractivity contribution in [2.45, 2.75) is 44.9 Å². The molecule has 19 heavy (non-hydrogen) atoms. The van der Waals surface area contributed by atoms with Crippen molar-refractivity contribution in [3.05, 3.63) is 35.5 Å². The molecular formula is C17H24N2. The second-order valence-electron chi connectivity index (χ2n) is 6.03. The van der Waals surface area contributed by atoms with Gasteiger partial charge in [-0.1, -0.05) is 30.9 Å². The van der Waals surface area contributed by atoms with Crippen LogP contribution in [0.25, 0.3) is 10.9 Å². The molecule has 2 heteroatoms. The van der Waals surface area contributed by atoms with Crippen molar-refractivity contribution in [3.63, 3.8) is 0 Å². The van der Waals surface area contributed by atoms with Crippen LogP contribution in [0.1, 0.15) is 49.1 Å². The second kappa shape index (κ2) is 5.38. The summed E-state index contributed by atoms with van der Waals surface area (Å²) in [5.74, 6) is 1.30. The normalized spacial score (nSPS) is 18.8. The number of aromatic nitrogens is 1. The van der Waals surface area contributed by atoms with Crippen LogP contribution in [0, 0.1) is 12.8 Å². The fourth-order valence-corrected chi connectivity index (χ4v) is 3.67. The first-order valence-corrected chi connectivity index (χ1v) is 7.57. The predicted octanol–water partition coefficient (Wildman–Crippen LogP) is 4.10. The van der Waals surface area contributed by atoms with Crippen LogP contribution < -0.4 is 5.73 Å². The fraction of sp³-hybridized carbons (Fsp3) is 0.529. The van der Waals surface area contributed by atoms with Crippen LogP contribution in [-0.2, 0) is 0 Å². The molecule has 1 fully saturated rings. The van der Waals surface area contributed by atoms with E-state index in [0.29, 0.717) is 5.92 Å². The van der Waals surface area contributed by atoms with E-state index in [9.17, 15) is 0 Å².